The van der Waals surface area contributed by atoms with Crippen molar-refractivity contribution in [3.63, 3.8) is 0 Å². The first kappa shape index (κ1) is 46.2. The second-order valence-corrected chi connectivity index (χ2v) is 16.0. The number of ether oxygens (including phenoxy) is 6. The van der Waals surface area contributed by atoms with Crippen LogP contribution in [0.15, 0.2) is 24.3 Å². The van der Waals surface area contributed by atoms with Crippen molar-refractivity contribution >= 4 is 0 Å². The smallest absolute Gasteiger partial charge is 0.157 e. The van der Waals surface area contributed by atoms with E-state index in [9.17, 15) is 5.11 Å². The molecule has 2 heterocycles. The minimum atomic E-state index is -0.0620. The predicted molar refractivity (Wildman–Crippen MR) is 217 cm³/mol. The van der Waals surface area contributed by atoms with Crippen molar-refractivity contribution in [3.05, 3.63) is 29.8 Å². The molecule has 308 valence electrons. The lowest BCUT2D eigenvalue weighted by Crippen LogP contribution is -2.28. The van der Waals surface area contributed by atoms with Gasteiger partial charge in [-0.1, -0.05) is 134 Å². The molecule has 2 aliphatic rings. The van der Waals surface area contributed by atoms with E-state index in [1.54, 1.807) is 7.11 Å². The molecule has 2 aliphatic heterocycles. The fraction of sp³-hybridized carbons (Fsp3) is 0.870. The summed E-state index contributed by atoms with van der Waals surface area (Å²) < 4.78 is 35.2. The van der Waals surface area contributed by atoms with E-state index < -0.39 is 0 Å². The second kappa shape index (κ2) is 33.0. The molecular weight excluding hydrogens is 664 g/mol. The molecular formula is C46H82O7. The summed E-state index contributed by atoms with van der Waals surface area (Å²) in [5, 5.41) is 9.69. The molecule has 7 nitrogen and oxygen atoms in total. The fourth-order valence-corrected chi connectivity index (χ4v) is 7.76. The van der Waals surface area contributed by atoms with Gasteiger partial charge in [-0.15, -0.1) is 0 Å². The highest BCUT2D eigenvalue weighted by molar-refractivity contribution is 5.26. The molecule has 3 rings (SSSR count). The number of aliphatic hydroxyl groups is 1. The van der Waals surface area contributed by atoms with Gasteiger partial charge in [0.15, 0.2) is 12.6 Å². The van der Waals surface area contributed by atoms with Gasteiger partial charge in [0, 0.05) is 19.8 Å². The van der Waals surface area contributed by atoms with Gasteiger partial charge in [0.2, 0.25) is 0 Å². The van der Waals surface area contributed by atoms with Gasteiger partial charge < -0.3 is 33.5 Å². The Hall–Kier alpha value is -1.22. The normalized spacial score (nSPS) is 19.0. The van der Waals surface area contributed by atoms with Crippen LogP contribution in [0.4, 0.5) is 0 Å². The summed E-state index contributed by atoms with van der Waals surface area (Å²) in [6, 6.07) is 7.95. The maximum absolute atomic E-state index is 9.69. The molecule has 0 aromatic heterocycles. The van der Waals surface area contributed by atoms with Crippen LogP contribution >= 0.6 is 0 Å². The Balaban J connectivity index is 1.03. The summed E-state index contributed by atoms with van der Waals surface area (Å²) >= 11 is 0. The van der Waals surface area contributed by atoms with Gasteiger partial charge in [-0.05, 0) is 88.3 Å². The molecule has 0 amide bonds. The third-order valence-electron chi connectivity index (χ3n) is 11.2. The van der Waals surface area contributed by atoms with Crippen molar-refractivity contribution in [3.8, 4) is 5.75 Å². The predicted octanol–water partition coefficient (Wildman–Crippen LogP) is 12.4. The highest BCUT2D eigenvalue weighted by Gasteiger charge is 2.20. The molecule has 2 saturated heterocycles. The monoisotopic (exact) mass is 747 g/mol. The van der Waals surface area contributed by atoms with E-state index in [0.717, 1.165) is 76.1 Å². The lowest BCUT2D eigenvalue weighted by atomic mass is 10.0. The van der Waals surface area contributed by atoms with E-state index in [2.05, 4.69) is 0 Å². The van der Waals surface area contributed by atoms with E-state index in [0.29, 0.717) is 12.7 Å². The highest BCUT2D eigenvalue weighted by atomic mass is 16.7. The SMILES string of the molecule is COc1ccc(CO[C@H](CO)CCCCCCCCCCCCCCCCCCCCCC(CCCCOC2CCCCO2)OC2CCCCO2)cc1. The van der Waals surface area contributed by atoms with Crippen LogP contribution in [0, 0.1) is 0 Å². The van der Waals surface area contributed by atoms with Crippen molar-refractivity contribution in [1.82, 2.24) is 0 Å². The van der Waals surface area contributed by atoms with Crippen LogP contribution in [0.2, 0.25) is 0 Å². The summed E-state index contributed by atoms with van der Waals surface area (Å²) in [5.74, 6) is 0.855. The first-order valence-corrected chi connectivity index (χ1v) is 22.6. The topological polar surface area (TPSA) is 75.6 Å². The zero-order chi connectivity index (χ0) is 37.3. The molecule has 1 N–H and O–H groups in total. The summed E-state index contributed by atoms with van der Waals surface area (Å²) in [4.78, 5) is 0. The third kappa shape index (κ3) is 24.8. The highest BCUT2D eigenvalue weighted by Crippen LogP contribution is 2.23. The van der Waals surface area contributed by atoms with Crippen LogP contribution in [-0.2, 0) is 30.3 Å². The Bertz CT molecular complexity index is 915. The Kier molecular flexibility index (Phi) is 28.7. The molecule has 7 heteroatoms. The largest absolute Gasteiger partial charge is 0.497 e. The summed E-state index contributed by atoms with van der Waals surface area (Å²) in [7, 11) is 1.68. The Morgan fingerprint density at radius 2 is 1.02 bits per heavy atom. The Morgan fingerprint density at radius 1 is 0.566 bits per heavy atom. The molecule has 1 aromatic rings. The first-order valence-electron chi connectivity index (χ1n) is 22.6. The van der Waals surface area contributed by atoms with Crippen molar-refractivity contribution in [2.45, 2.75) is 224 Å². The van der Waals surface area contributed by atoms with Crippen molar-refractivity contribution in [1.29, 1.82) is 0 Å². The molecule has 3 unspecified atom stereocenters. The number of hydrogen-bond acceptors (Lipinski definition) is 7. The van der Waals surface area contributed by atoms with Crippen LogP contribution in [0.5, 0.6) is 5.75 Å². The maximum Gasteiger partial charge on any atom is 0.157 e. The molecule has 0 aliphatic carbocycles. The van der Waals surface area contributed by atoms with Gasteiger partial charge in [-0.2, -0.15) is 0 Å². The van der Waals surface area contributed by atoms with Gasteiger partial charge >= 0.3 is 0 Å². The van der Waals surface area contributed by atoms with E-state index in [1.165, 1.54) is 148 Å². The molecule has 53 heavy (non-hydrogen) atoms. The van der Waals surface area contributed by atoms with Gasteiger partial charge in [-0.3, -0.25) is 0 Å². The van der Waals surface area contributed by atoms with Gasteiger partial charge in [0.25, 0.3) is 0 Å². The van der Waals surface area contributed by atoms with Crippen LogP contribution in [-0.4, -0.2) is 63.4 Å². The van der Waals surface area contributed by atoms with Gasteiger partial charge in [0.1, 0.15) is 5.75 Å². The van der Waals surface area contributed by atoms with Crippen LogP contribution in [0.3, 0.4) is 0 Å². The fourth-order valence-electron chi connectivity index (χ4n) is 7.76. The molecule has 0 spiro atoms. The maximum atomic E-state index is 9.69. The molecule has 1 aromatic carbocycles. The van der Waals surface area contributed by atoms with Gasteiger partial charge in [0.05, 0.1) is 32.5 Å². The first-order chi connectivity index (χ1) is 26.3. The zero-order valence-corrected chi connectivity index (χ0v) is 34.3. The number of methoxy groups -OCH3 is 1. The number of aliphatic hydroxyl groups excluding tert-OH is 1. The van der Waals surface area contributed by atoms with Crippen molar-refractivity contribution in [2.24, 2.45) is 0 Å². The molecule has 0 saturated carbocycles. The standard InChI is InChI=1S/C46H82O7/c1-48-42-34-32-41(33-35-42)40-52-44(39-47)29-20-18-16-14-12-10-8-6-4-2-3-5-7-9-11-13-15-17-19-27-43(53-46-31-23-26-38-51-46)28-21-24-36-49-45-30-22-25-37-50-45/h32-35,43-47H,2-31,36-40H2,1H3/t43?,44-,45?,46?/m0/s1. The zero-order valence-electron chi connectivity index (χ0n) is 34.3. The van der Waals surface area contributed by atoms with Crippen LogP contribution < -0.4 is 4.74 Å². The van der Waals surface area contributed by atoms with E-state index in [1.807, 2.05) is 24.3 Å². The lowest BCUT2D eigenvalue weighted by Gasteiger charge is -2.28. The van der Waals surface area contributed by atoms with Gasteiger partial charge in [-0.25, -0.2) is 0 Å². The number of unbranched alkanes of at least 4 members (excludes halogenated alkanes) is 19. The van der Waals surface area contributed by atoms with E-state index >= 15 is 0 Å². The lowest BCUT2D eigenvalue weighted by molar-refractivity contribution is -0.191. The van der Waals surface area contributed by atoms with Crippen LogP contribution in [0.1, 0.15) is 198 Å². The summed E-state index contributed by atoms with van der Waals surface area (Å²) in [6.07, 6.45) is 38.6. The number of benzene rings is 1. The Labute approximate surface area is 325 Å². The van der Waals surface area contributed by atoms with Crippen molar-refractivity contribution in [2.75, 3.05) is 33.5 Å². The minimum Gasteiger partial charge on any atom is -0.497 e. The molecule has 4 atom stereocenters. The third-order valence-corrected chi connectivity index (χ3v) is 11.2. The minimum absolute atomic E-state index is 0.0175. The van der Waals surface area contributed by atoms with Crippen molar-refractivity contribution < 1.29 is 33.5 Å². The quantitative estimate of drug-likeness (QED) is 0.0693. The molecule has 0 radical (unpaired) electrons. The summed E-state index contributed by atoms with van der Waals surface area (Å²) in [5.41, 5.74) is 1.11. The number of rotatable bonds is 35. The Morgan fingerprint density at radius 3 is 1.47 bits per heavy atom. The van der Waals surface area contributed by atoms with Crippen LogP contribution in [0.25, 0.3) is 0 Å². The molecule has 2 fully saturated rings. The van der Waals surface area contributed by atoms with E-state index in [4.69, 9.17) is 28.4 Å². The average Bonchev–Trinajstić information content (AvgIpc) is 3.20. The molecule has 0 bridgehead atoms. The number of hydrogen-bond donors (Lipinski definition) is 1. The van der Waals surface area contributed by atoms with E-state index in [-0.39, 0.29) is 25.3 Å². The average molecular weight is 747 g/mol. The summed E-state index contributed by atoms with van der Waals surface area (Å²) in [6.45, 7) is 3.15. The second-order valence-electron chi connectivity index (χ2n) is 16.0.